The molecule has 0 spiro atoms. The van der Waals surface area contributed by atoms with Crippen LogP contribution in [0.4, 0.5) is 4.79 Å². The van der Waals surface area contributed by atoms with Gasteiger partial charge in [-0.25, -0.2) is 4.79 Å². The van der Waals surface area contributed by atoms with Crippen molar-refractivity contribution in [3.8, 4) is 0 Å². The van der Waals surface area contributed by atoms with Gasteiger partial charge in [-0.1, -0.05) is 6.42 Å². The second-order valence-corrected chi connectivity index (χ2v) is 4.76. The van der Waals surface area contributed by atoms with Gasteiger partial charge in [0.05, 0.1) is 7.11 Å². The molecular weight excluding hydrogens is 178 g/mol. The Hall–Kier alpha value is -0.730. The summed E-state index contributed by atoms with van der Waals surface area (Å²) >= 11 is 0. The molecule has 1 amide bonds. The van der Waals surface area contributed by atoms with Gasteiger partial charge >= 0.3 is 6.09 Å². The second-order valence-electron chi connectivity index (χ2n) is 4.76. The van der Waals surface area contributed by atoms with E-state index >= 15 is 0 Å². The molecule has 80 valence electrons. The van der Waals surface area contributed by atoms with Crippen LogP contribution < -0.4 is 5.32 Å². The van der Waals surface area contributed by atoms with Crippen molar-refractivity contribution in [2.24, 2.45) is 17.8 Å². The third-order valence-corrected chi connectivity index (χ3v) is 3.97. The van der Waals surface area contributed by atoms with Gasteiger partial charge in [-0.2, -0.15) is 0 Å². The van der Waals surface area contributed by atoms with Crippen LogP contribution in [-0.2, 0) is 4.74 Å². The molecule has 0 aliphatic heterocycles. The molecule has 2 bridgehead atoms. The fourth-order valence-corrected chi connectivity index (χ4v) is 3.26. The van der Waals surface area contributed by atoms with Crippen molar-refractivity contribution >= 4 is 6.09 Å². The average Bonchev–Trinajstić information content (AvgIpc) is 2.78. The van der Waals surface area contributed by atoms with Crippen LogP contribution in [0.2, 0.25) is 0 Å². The molecule has 0 aromatic carbocycles. The van der Waals surface area contributed by atoms with Crippen molar-refractivity contribution in [3.05, 3.63) is 0 Å². The van der Waals surface area contributed by atoms with Gasteiger partial charge in [0.15, 0.2) is 0 Å². The zero-order valence-corrected chi connectivity index (χ0v) is 8.95. The van der Waals surface area contributed by atoms with Crippen molar-refractivity contribution in [2.45, 2.75) is 38.6 Å². The normalized spacial score (nSPS) is 36.9. The summed E-state index contributed by atoms with van der Waals surface area (Å²) in [6.45, 7) is 2.10. The van der Waals surface area contributed by atoms with Crippen molar-refractivity contribution < 1.29 is 9.53 Å². The van der Waals surface area contributed by atoms with Crippen LogP contribution in [0.25, 0.3) is 0 Å². The smallest absolute Gasteiger partial charge is 0.407 e. The molecule has 0 aromatic rings. The van der Waals surface area contributed by atoms with Gasteiger partial charge in [0.1, 0.15) is 0 Å². The Balaban J connectivity index is 1.86. The maximum absolute atomic E-state index is 11.1. The third-order valence-electron chi connectivity index (χ3n) is 3.97. The number of hydrogen-bond acceptors (Lipinski definition) is 2. The molecule has 0 unspecified atom stereocenters. The van der Waals surface area contributed by atoms with Crippen molar-refractivity contribution in [3.63, 3.8) is 0 Å². The molecule has 2 fully saturated rings. The number of methoxy groups -OCH3 is 1. The monoisotopic (exact) mass is 197 g/mol. The molecule has 0 heterocycles. The van der Waals surface area contributed by atoms with Crippen LogP contribution in [0.15, 0.2) is 0 Å². The molecule has 2 saturated carbocycles. The minimum absolute atomic E-state index is 0.276. The van der Waals surface area contributed by atoms with Crippen LogP contribution in [0.3, 0.4) is 0 Å². The summed E-state index contributed by atoms with van der Waals surface area (Å²) in [5.41, 5.74) is 0. The van der Waals surface area contributed by atoms with E-state index in [0.717, 1.165) is 11.8 Å². The molecule has 4 atom stereocenters. The predicted octanol–water partition coefficient (Wildman–Crippen LogP) is 2.17. The van der Waals surface area contributed by atoms with E-state index in [1.807, 2.05) is 0 Å². The Bertz CT molecular complexity index is 229. The Kier molecular flexibility index (Phi) is 2.66. The first kappa shape index (κ1) is 9.81. The number of carbonyl (C=O) groups is 1. The predicted molar refractivity (Wildman–Crippen MR) is 53.9 cm³/mol. The van der Waals surface area contributed by atoms with Gasteiger partial charge in [-0.05, 0) is 43.9 Å². The molecule has 0 radical (unpaired) electrons. The first-order valence-electron chi connectivity index (χ1n) is 5.55. The highest BCUT2D eigenvalue weighted by Crippen LogP contribution is 2.49. The molecule has 0 saturated heterocycles. The Labute approximate surface area is 85.2 Å². The van der Waals surface area contributed by atoms with E-state index < -0.39 is 0 Å². The molecule has 3 nitrogen and oxygen atoms in total. The Morgan fingerprint density at radius 3 is 2.71 bits per heavy atom. The number of fused-ring (bicyclic) bond motifs is 2. The van der Waals surface area contributed by atoms with E-state index in [9.17, 15) is 4.79 Å². The molecule has 3 heteroatoms. The van der Waals surface area contributed by atoms with Gasteiger partial charge in [-0.3, -0.25) is 0 Å². The van der Waals surface area contributed by atoms with Crippen molar-refractivity contribution in [1.82, 2.24) is 5.32 Å². The molecule has 2 aliphatic rings. The number of carbonyl (C=O) groups excluding carboxylic acids is 1. The summed E-state index contributed by atoms with van der Waals surface area (Å²) in [5, 5.41) is 2.90. The number of ether oxygens (including phenoxy) is 1. The van der Waals surface area contributed by atoms with Crippen molar-refractivity contribution in [1.29, 1.82) is 0 Å². The summed E-state index contributed by atoms with van der Waals surface area (Å²) in [4.78, 5) is 11.1. The van der Waals surface area contributed by atoms with Gasteiger partial charge in [0.2, 0.25) is 0 Å². The molecule has 0 aromatic heterocycles. The van der Waals surface area contributed by atoms with E-state index in [1.54, 1.807) is 0 Å². The zero-order chi connectivity index (χ0) is 10.1. The quantitative estimate of drug-likeness (QED) is 0.736. The third kappa shape index (κ3) is 1.72. The summed E-state index contributed by atoms with van der Waals surface area (Å²) < 4.78 is 4.61. The molecule has 14 heavy (non-hydrogen) atoms. The number of rotatable bonds is 2. The van der Waals surface area contributed by atoms with E-state index in [4.69, 9.17) is 0 Å². The Morgan fingerprint density at radius 2 is 2.21 bits per heavy atom. The summed E-state index contributed by atoms with van der Waals surface area (Å²) in [7, 11) is 1.42. The van der Waals surface area contributed by atoms with Gasteiger partial charge in [0, 0.05) is 6.04 Å². The average molecular weight is 197 g/mol. The van der Waals surface area contributed by atoms with E-state index in [0.29, 0.717) is 5.92 Å². The van der Waals surface area contributed by atoms with Gasteiger partial charge in [0.25, 0.3) is 0 Å². The number of amides is 1. The highest BCUT2D eigenvalue weighted by atomic mass is 16.5. The van der Waals surface area contributed by atoms with Gasteiger partial charge in [-0.15, -0.1) is 0 Å². The lowest BCUT2D eigenvalue weighted by molar-refractivity contribution is 0.157. The first-order valence-corrected chi connectivity index (χ1v) is 5.55. The molecule has 2 rings (SSSR count). The standard InChI is InChI=1S/C11H19NO2/c1-7(12-11(13)14-2)10-6-8-3-4-9(10)5-8/h7-10H,3-6H2,1-2H3,(H,12,13)/t7-,8+,9+,10+/m1/s1. The second kappa shape index (κ2) is 3.79. The van der Waals surface area contributed by atoms with E-state index in [2.05, 4.69) is 17.0 Å². The fourth-order valence-electron chi connectivity index (χ4n) is 3.26. The summed E-state index contributed by atoms with van der Waals surface area (Å²) in [5.74, 6) is 2.48. The minimum atomic E-state index is -0.291. The summed E-state index contributed by atoms with van der Waals surface area (Å²) in [6.07, 6.45) is 5.17. The highest BCUT2D eigenvalue weighted by molar-refractivity contribution is 5.67. The zero-order valence-electron chi connectivity index (χ0n) is 8.95. The molecule has 2 aliphatic carbocycles. The summed E-state index contributed by atoms with van der Waals surface area (Å²) in [6, 6.07) is 0.276. The Morgan fingerprint density at radius 1 is 1.43 bits per heavy atom. The lowest BCUT2D eigenvalue weighted by atomic mass is 9.84. The highest BCUT2D eigenvalue weighted by Gasteiger charge is 2.42. The molecule has 1 N–H and O–H groups in total. The number of hydrogen-bond donors (Lipinski definition) is 1. The van der Waals surface area contributed by atoms with Crippen LogP contribution in [-0.4, -0.2) is 19.2 Å². The van der Waals surface area contributed by atoms with Crippen LogP contribution in [0, 0.1) is 17.8 Å². The van der Waals surface area contributed by atoms with Gasteiger partial charge < -0.3 is 10.1 Å². The SMILES string of the molecule is COC(=O)N[C@H](C)[C@@H]1C[C@H]2CC[C@H]1C2. The first-order chi connectivity index (χ1) is 6.70. The van der Waals surface area contributed by atoms with Crippen LogP contribution in [0.5, 0.6) is 0 Å². The lowest BCUT2D eigenvalue weighted by Crippen LogP contribution is -2.39. The maximum atomic E-state index is 11.1. The number of alkyl carbamates (subject to hydrolysis) is 1. The number of nitrogens with one attached hydrogen (secondary N) is 1. The molecular formula is C11H19NO2. The van der Waals surface area contributed by atoms with E-state index in [-0.39, 0.29) is 12.1 Å². The fraction of sp³-hybridized carbons (Fsp3) is 0.909. The van der Waals surface area contributed by atoms with E-state index in [1.165, 1.54) is 32.8 Å². The van der Waals surface area contributed by atoms with Crippen LogP contribution >= 0.6 is 0 Å². The van der Waals surface area contributed by atoms with Crippen LogP contribution in [0.1, 0.15) is 32.6 Å². The largest absolute Gasteiger partial charge is 0.453 e. The lowest BCUT2D eigenvalue weighted by Gasteiger charge is -2.27. The minimum Gasteiger partial charge on any atom is -0.453 e. The topological polar surface area (TPSA) is 38.3 Å². The maximum Gasteiger partial charge on any atom is 0.407 e. The van der Waals surface area contributed by atoms with Crippen molar-refractivity contribution in [2.75, 3.05) is 7.11 Å².